The van der Waals surface area contributed by atoms with Gasteiger partial charge in [-0.05, 0) is 62.5 Å². The molecule has 1 atom stereocenters. The van der Waals surface area contributed by atoms with Gasteiger partial charge in [0.1, 0.15) is 5.82 Å². The van der Waals surface area contributed by atoms with Crippen molar-refractivity contribution in [1.29, 1.82) is 0 Å². The van der Waals surface area contributed by atoms with Gasteiger partial charge >= 0.3 is 0 Å². The number of likely N-dealkylation sites (tertiary alicyclic amines) is 2. The van der Waals surface area contributed by atoms with E-state index in [9.17, 15) is 4.39 Å². The van der Waals surface area contributed by atoms with Crippen LogP contribution < -0.4 is 0 Å². The van der Waals surface area contributed by atoms with E-state index >= 15 is 0 Å². The van der Waals surface area contributed by atoms with Crippen molar-refractivity contribution in [2.24, 2.45) is 5.41 Å². The summed E-state index contributed by atoms with van der Waals surface area (Å²) < 4.78 is 14.0. The first kappa shape index (κ1) is 19.1. The lowest BCUT2D eigenvalue weighted by Crippen LogP contribution is -2.63. The second-order valence-electron chi connectivity index (χ2n) is 9.25. The van der Waals surface area contributed by atoms with Crippen molar-refractivity contribution in [3.63, 3.8) is 0 Å². The van der Waals surface area contributed by atoms with E-state index in [1.54, 1.807) is 6.20 Å². The molecule has 154 valence electrons. The summed E-state index contributed by atoms with van der Waals surface area (Å²) >= 11 is 0. The molecule has 2 aliphatic heterocycles. The fourth-order valence-electron chi connectivity index (χ4n) is 6.08. The Balaban J connectivity index is 1.26. The first-order chi connectivity index (χ1) is 14.3. The Hall–Kier alpha value is -1.85. The topological polar surface area (TPSA) is 32.3 Å². The molecule has 3 aliphatic rings. The maximum absolute atomic E-state index is 14.0. The van der Waals surface area contributed by atoms with Crippen LogP contribution in [0.1, 0.15) is 62.1 Å². The van der Waals surface area contributed by atoms with Crippen LogP contribution in [0.25, 0.3) is 0 Å². The standard InChI is InChI=1S/C24H31FN4/c25-22-16-27-13-6-20(22)17-28-14-7-21(8-15-28)29-18-24(9-2-1-3-10-24)23(29)19-4-11-26-12-5-19/h4-6,11-13,16,21,23H,1-3,7-10,14-15,17-18H2. The van der Waals surface area contributed by atoms with Gasteiger partial charge in [0.2, 0.25) is 0 Å². The summed E-state index contributed by atoms with van der Waals surface area (Å²) in [6.45, 7) is 4.03. The minimum absolute atomic E-state index is 0.186. The van der Waals surface area contributed by atoms with Gasteiger partial charge in [0.15, 0.2) is 0 Å². The van der Waals surface area contributed by atoms with Gasteiger partial charge in [0.05, 0.1) is 6.20 Å². The van der Waals surface area contributed by atoms with E-state index in [-0.39, 0.29) is 5.82 Å². The van der Waals surface area contributed by atoms with Crippen LogP contribution in [-0.2, 0) is 6.54 Å². The Morgan fingerprint density at radius 1 is 0.966 bits per heavy atom. The van der Waals surface area contributed by atoms with Crippen LogP contribution in [0.15, 0.2) is 43.0 Å². The van der Waals surface area contributed by atoms with Crippen molar-refractivity contribution in [3.05, 3.63) is 59.9 Å². The summed E-state index contributed by atoms with van der Waals surface area (Å²) in [5, 5.41) is 0. The molecule has 0 N–H and O–H groups in total. The molecule has 0 bridgehead atoms. The number of aromatic nitrogens is 2. The van der Waals surface area contributed by atoms with E-state index in [0.717, 1.165) is 18.7 Å². The van der Waals surface area contributed by atoms with Gasteiger partial charge in [-0.3, -0.25) is 19.8 Å². The number of hydrogen-bond acceptors (Lipinski definition) is 4. The lowest BCUT2D eigenvalue weighted by atomic mass is 9.60. The molecular weight excluding hydrogens is 363 g/mol. The van der Waals surface area contributed by atoms with Gasteiger partial charge in [-0.15, -0.1) is 0 Å². The molecule has 0 aromatic carbocycles. The Bertz CT molecular complexity index is 813. The number of hydrogen-bond donors (Lipinski definition) is 0. The van der Waals surface area contributed by atoms with Crippen molar-refractivity contribution in [3.8, 4) is 0 Å². The molecular formula is C24H31FN4. The third-order valence-electron chi connectivity index (χ3n) is 7.56. The van der Waals surface area contributed by atoms with E-state index in [1.165, 1.54) is 63.3 Å². The molecule has 1 aliphatic carbocycles. The summed E-state index contributed by atoms with van der Waals surface area (Å²) in [5.74, 6) is -0.186. The molecule has 0 amide bonds. The highest BCUT2D eigenvalue weighted by Gasteiger charge is 2.54. The molecule has 1 spiro atoms. The van der Waals surface area contributed by atoms with Crippen molar-refractivity contribution < 1.29 is 4.39 Å². The lowest BCUT2D eigenvalue weighted by molar-refractivity contribution is -0.133. The van der Waals surface area contributed by atoms with Crippen LogP contribution in [0.3, 0.4) is 0 Å². The van der Waals surface area contributed by atoms with Crippen LogP contribution in [-0.4, -0.2) is 45.4 Å². The Kier molecular flexibility index (Phi) is 5.35. The van der Waals surface area contributed by atoms with Gasteiger partial charge in [-0.25, -0.2) is 4.39 Å². The molecule has 2 saturated heterocycles. The third kappa shape index (κ3) is 3.71. The van der Waals surface area contributed by atoms with Gasteiger partial charge in [-0.2, -0.15) is 0 Å². The first-order valence-corrected chi connectivity index (χ1v) is 11.2. The van der Waals surface area contributed by atoms with Crippen molar-refractivity contribution in [2.75, 3.05) is 19.6 Å². The summed E-state index contributed by atoms with van der Waals surface area (Å²) in [5.41, 5.74) is 2.70. The van der Waals surface area contributed by atoms with Crippen molar-refractivity contribution in [2.45, 2.75) is 63.6 Å². The number of nitrogens with zero attached hydrogens (tertiary/aromatic N) is 4. The molecule has 4 heterocycles. The van der Waals surface area contributed by atoms with Gasteiger partial charge in [-0.1, -0.05) is 19.3 Å². The van der Waals surface area contributed by atoms with Gasteiger partial charge in [0, 0.05) is 54.7 Å². The van der Waals surface area contributed by atoms with E-state index in [0.29, 0.717) is 24.0 Å². The molecule has 2 aromatic rings. The predicted molar refractivity (Wildman–Crippen MR) is 112 cm³/mol. The monoisotopic (exact) mass is 394 g/mol. The molecule has 29 heavy (non-hydrogen) atoms. The largest absolute Gasteiger partial charge is 0.299 e. The fourth-order valence-corrected chi connectivity index (χ4v) is 6.08. The minimum atomic E-state index is -0.186. The van der Waals surface area contributed by atoms with Gasteiger partial charge in [0.25, 0.3) is 0 Å². The maximum Gasteiger partial charge on any atom is 0.145 e. The van der Waals surface area contributed by atoms with Crippen LogP contribution in [0.5, 0.6) is 0 Å². The number of pyridine rings is 2. The highest BCUT2D eigenvalue weighted by Crippen LogP contribution is 2.58. The average molecular weight is 395 g/mol. The van der Waals surface area contributed by atoms with Crippen molar-refractivity contribution in [1.82, 2.24) is 19.8 Å². The van der Waals surface area contributed by atoms with Crippen LogP contribution in [0.4, 0.5) is 4.39 Å². The second kappa shape index (κ2) is 8.11. The zero-order valence-corrected chi connectivity index (χ0v) is 17.1. The molecule has 5 heteroatoms. The zero-order valence-electron chi connectivity index (χ0n) is 17.1. The predicted octanol–water partition coefficient (Wildman–Crippen LogP) is 4.59. The zero-order chi connectivity index (χ0) is 19.7. The Morgan fingerprint density at radius 3 is 2.41 bits per heavy atom. The highest BCUT2D eigenvalue weighted by atomic mass is 19.1. The number of halogens is 1. The van der Waals surface area contributed by atoms with Crippen LogP contribution in [0, 0.1) is 11.2 Å². The number of rotatable bonds is 4. The normalized spacial score (nSPS) is 25.8. The Labute approximate surface area is 173 Å². The fraction of sp³-hybridized carbons (Fsp3) is 0.583. The van der Waals surface area contributed by atoms with E-state index in [4.69, 9.17) is 0 Å². The summed E-state index contributed by atoms with van der Waals surface area (Å²) in [6, 6.07) is 7.46. The van der Waals surface area contributed by atoms with E-state index < -0.39 is 0 Å². The quantitative estimate of drug-likeness (QED) is 0.759. The Morgan fingerprint density at radius 2 is 1.69 bits per heavy atom. The molecule has 4 nitrogen and oxygen atoms in total. The van der Waals surface area contributed by atoms with Crippen LogP contribution in [0.2, 0.25) is 0 Å². The van der Waals surface area contributed by atoms with E-state index in [2.05, 4.69) is 31.9 Å². The summed E-state index contributed by atoms with van der Waals surface area (Å²) in [6.07, 6.45) is 16.2. The van der Waals surface area contributed by atoms with E-state index in [1.807, 2.05) is 18.5 Å². The molecule has 1 saturated carbocycles. The molecule has 3 fully saturated rings. The molecule has 1 unspecified atom stereocenters. The molecule has 5 rings (SSSR count). The molecule has 0 radical (unpaired) electrons. The second-order valence-corrected chi connectivity index (χ2v) is 9.25. The lowest BCUT2D eigenvalue weighted by Gasteiger charge is -2.63. The average Bonchev–Trinajstić information content (AvgIpc) is 2.76. The van der Waals surface area contributed by atoms with Gasteiger partial charge < -0.3 is 0 Å². The SMILES string of the molecule is Fc1cnccc1CN1CCC(N2CC3(CCCCC3)C2c2ccncc2)CC1. The maximum atomic E-state index is 14.0. The first-order valence-electron chi connectivity index (χ1n) is 11.2. The highest BCUT2D eigenvalue weighted by molar-refractivity contribution is 5.25. The summed E-state index contributed by atoms with van der Waals surface area (Å²) in [4.78, 5) is 13.3. The minimum Gasteiger partial charge on any atom is -0.299 e. The smallest absolute Gasteiger partial charge is 0.145 e. The van der Waals surface area contributed by atoms with Crippen LogP contribution >= 0.6 is 0 Å². The molecule has 2 aromatic heterocycles. The number of piperidine rings is 1. The van der Waals surface area contributed by atoms with Crippen molar-refractivity contribution >= 4 is 0 Å². The third-order valence-corrected chi connectivity index (χ3v) is 7.56. The summed E-state index contributed by atoms with van der Waals surface area (Å²) in [7, 11) is 0.